The Kier molecular flexibility index (Phi) is 3.90. The summed E-state index contributed by atoms with van der Waals surface area (Å²) in [5, 5.41) is 7.32. The second kappa shape index (κ2) is 5.41. The van der Waals surface area contributed by atoms with E-state index in [1.807, 2.05) is 6.92 Å². The maximum Gasteiger partial charge on any atom is 0.227 e. The second-order valence-electron chi connectivity index (χ2n) is 4.52. The van der Waals surface area contributed by atoms with Crippen LogP contribution in [0.3, 0.4) is 0 Å². The average molecular weight is 224 g/mol. The summed E-state index contributed by atoms with van der Waals surface area (Å²) in [4.78, 5) is 6.55. The molecule has 0 atom stereocenters. The number of hydrogen-bond acceptors (Lipinski definition) is 5. The van der Waals surface area contributed by atoms with E-state index in [1.165, 1.54) is 25.9 Å². The van der Waals surface area contributed by atoms with E-state index in [2.05, 4.69) is 27.4 Å². The van der Waals surface area contributed by atoms with Gasteiger partial charge in [0.05, 0.1) is 0 Å². The van der Waals surface area contributed by atoms with E-state index in [9.17, 15) is 0 Å². The van der Waals surface area contributed by atoms with Crippen LogP contribution in [0.1, 0.15) is 24.6 Å². The van der Waals surface area contributed by atoms with E-state index in [4.69, 9.17) is 4.52 Å². The maximum atomic E-state index is 5.06. The Labute approximate surface area is 96.2 Å². The highest BCUT2D eigenvalue weighted by atomic mass is 16.5. The van der Waals surface area contributed by atoms with Gasteiger partial charge in [-0.15, -0.1) is 0 Å². The number of aryl methyl sites for hydroxylation is 1. The lowest BCUT2D eigenvalue weighted by atomic mass is 10.1. The van der Waals surface area contributed by atoms with Crippen LogP contribution in [-0.2, 0) is 6.42 Å². The van der Waals surface area contributed by atoms with Crippen LogP contribution in [0.25, 0.3) is 0 Å². The minimum atomic E-state index is 0.653. The number of hydrogen-bond donors (Lipinski definition) is 1. The Bertz CT molecular complexity index is 318. The molecule has 2 heterocycles. The Morgan fingerprint density at radius 1 is 1.44 bits per heavy atom. The molecule has 1 fully saturated rings. The van der Waals surface area contributed by atoms with Crippen molar-refractivity contribution >= 4 is 0 Å². The molecule has 1 saturated heterocycles. The fourth-order valence-corrected chi connectivity index (χ4v) is 2.04. The minimum Gasteiger partial charge on any atom is -0.339 e. The molecular formula is C11H20N4O. The molecule has 0 amide bonds. The maximum absolute atomic E-state index is 5.06. The number of nitrogens with one attached hydrogen (secondary N) is 1. The molecule has 5 nitrogen and oxygen atoms in total. The van der Waals surface area contributed by atoms with Crippen LogP contribution in [0.5, 0.6) is 0 Å². The SMILES string of the molecule is Cc1noc(CCNC2CCN(C)CC2)n1. The summed E-state index contributed by atoms with van der Waals surface area (Å²) in [6.45, 7) is 5.15. The third-order valence-electron chi connectivity index (χ3n) is 3.06. The number of aromatic nitrogens is 2. The van der Waals surface area contributed by atoms with Gasteiger partial charge in [0.25, 0.3) is 0 Å². The van der Waals surface area contributed by atoms with E-state index in [0.29, 0.717) is 11.9 Å². The molecule has 0 aliphatic carbocycles. The fourth-order valence-electron chi connectivity index (χ4n) is 2.04. The van der Waals surface area contributed by atoms with Gasteiger partial charge in [-0.25, -0.2) is 0 Å². The summed E-state index contributed by atoms with van der Waals surface area (Å²) in [5.74, 6) is 1.45. The molecule has 1 aromatic heterocycles. The van der Waals surface area contributed by atoms with Crippen LogP contribution in [-0.4, -0.2) is 47.8 Å². The molecule has 0 aromatic carbocycles. The first kappa shape index (κ1) is 11.5. The van der Waals surface area contributed by atoms with Crippen molar-refractivity contribution in [1.29, 1.82) is 0 Å². The summed E-state index contributed by atoms with van der Waals surface area (Å²) in [5.41, 5.74) is 0. The van der Waals surface area contributed by atoms with E-state index in [-0.39, 0.29) is 0 Å². The minimum absolute atomic E-state index is 0.653. The molecule has 1 aliphatic rings. The van der Waals surface area contributed by atoms with Gasteiger partial charge in [0.2, 0.25) is 5.89 Å². The van der Waals surface area contributed by atoms with Gasteiger partial charge >= 0.3 is 0 Å². The van der Waals surface area contributed by atoms with Gasteiger partial charge in [0.15, 0.2) is 5.82 Å². The van der Waals surface area contributed by atoms with Crippen molar-refractivity contribution < 1.29 is 4.52 Å². The first-order chi connectivity index (χ1) is 7.74. The number of likely N-dealkylation sites (tertiary alicyclic amines) is 1. The highest BCUT2D eigenvalue weighted by Crippen LogP contribution is 2.08. The van der Waals surface area contributed by atoms with Crippen molar-refractivity contribution in [3.63, 3.8) is 0 Å². The fraction of sp³-hybridized carbons (Fsp3) is 0.818. The monoisotopic (exact) mass is 224 g/mol. The van der Waals surface area contributed by atoms with Gasteiger partial charge in [-0.05, 0) is 39.9 Å². The average Bonchev–Trinajstić information content (AvgIpc) is 2.67. The van der Waals surface area contributed by atoms with Crippen molar-refractivity contribution in [2.75, 3.05) is 26.7 Å². The van der Waals surface area contributed by atoms with Crippen LogP contribution < -0.4 is 5.32 Å². The second-order valence-corrected chi connectivity index (χ2v) is 4.52. The molecule has 0 saturated carbocycles. The van der Waals surface area contributed by atoms with E-state index in [1.54, 1.807) is 0 Å². The molecular weight excluding hydrogens is 204 g/mol. The summed E-state index contributed by atoms with van der Waals surface area (Å²) in [7, 11) is 2.18. The Balaban J connectivity index is 1.64. The third-order valence-corrected chi connectivity index (χ3v) is 3.06. The van der Waals surface area contributed by atoms with Gasteiger partial charge in [-0.3, -0.25) is 0 Å². The molecule has 0 radical (unpaired) electrons. The van der Waals surface area contributed by atoms with Crippen LogP contribution in [0.4, 0.5) is 0 Å². The van der Waals surface area contributed by atoms with Gasteiger partial charge < -0.3 is 14.7 Å². The lowest BCUT2D eigenvalue weighted by molar-refractivity contribution is 0.234. The Morgan fingerprint density at radius 2 is 2.19 bits per heavy atom. The van der Waals surface area contributed by atoms with Gasteiger partial charge in [-0.2, -0.15) is 4.98 Å². The molecule has 0 unspecified atom stereocenters. The standard InChI is InChI=1S/C11H20N4O/c1-9-13-11(16-14-9)3-6-12-10-4-7-15(2)8-5-10/h10,12H,3-8H2,1-2H3. The number of rotatable bonds is 4. The Morgan fingerprint density at radius 3 is 2.81 bits per heavy atom. The van der Waals surface area contributed by atoms with Crippen molar-refractivity contribution in [2.45, 2.75) is 32.2 Å². The van der Waals surface area contributed by atoms with Gasteiger partial charge in [0, 0.05) is 19.0 Å². The van der Waals surface area contributed by atoms with Crippen LogP contribution >= 0.6 is 0 Å². The van der Waals surface area contributed by atoms with Crippen LogP contribution in [0.15, 0.2) is 4.52 Å². The molecule has 0 bridgehead atoms. The predicted octanol–water partition coefficient (Wildman–Crippen LogP) is 0.604. The largest absolute Gasteiger partial charge is 0.339 e. The normalized spacial score (nSPS) is 19.1. The van der Waals surface area contributed by atoms with E-state index >= 15 is 0 Å². The first-order valence-electron chi connectivity index (χ1n) is 5.95. The first-order valence-corrected chi connectivity index (χ1v) is 5.95. The van der Waals surface area contributed by atoms with Crippen molar-refractivity contribution in [1.82, 2.24) is 20.4 Å². The summed E-state index contributed by atoms with van der Waals surface area (Å²) < 4.78 is 5.06. The van der Waals surface area contributed by atoms with Crippen LogP contribution in [0.2, 0.25) is 0 Å². The number of nitrogens with zero attached hydrogens (tertiary/aromatic N) is 3. The highest BCUT2D eigenvalue weighted by molar-refractivity contribution is 4.84. The quantitative estimate of drug-likeness (QED) is 0.812. The smallest absolute Gasteiger partial charge is 0.227 e. The molecule has 5 heteroatoms. The zero-order valence-corrected chi connectivity index (χ0v) is 10.1. The topological polar surface area (TPSA) is 54.2 Å². The molecule has 16 heavy (non-hydrogen) atoms. The molecule has 1 aliphatic heterocycles. The third kappa shape index (κ3) is 3.28. The highest BCUT2D eigenvalue weighted by Gasteiger charge is 2.15. The zero-order chi connectivity index (χ0) is 11.4. The zero-order valence-electron chi connectivity index (χ0n) is 10.1. The van der Waals surface area contributed by atoms with Gasteiger partial charge in [-0.1, -0.05) is 5.16 Å². The molecule has 90 valence electrons. The lowest BCUT2D eigenvalue weighted by Crippen LogP contribution is -2.41. The molecule has 0 spiro atoms. The molecule has 2 rings (SSSR count). The summed E-state index contributed by atoms with van der Waals surface area (Å²) >= 11 is 0. The predicted molar refractivity (Wildman–Crippen MR) is 61.3 cm³/mol. The molecule has 1 N–H and O–H groups in total. The number of piperidine rings is 1. The van der Waals surface area contributed by atoms with Crippen LogP contribution in [0, 0.1) is 6.92 Å². The van der Waals surface area contributed by atoms with E-state index < -0.39 is 0 Å². The lowest BCUT2D eigenvalue weighted by Gasteiger charge is -2.29. The van der Waals surface area contributed by atoms with Crippen molar-refractivity contribution in [3.05, 3.63) is 11.7 Å². The van der Waals surface area contributed by atoms with Crippen molar-refractivity contribution in [2.24, 2.45) is 0 Å². The molecule has 1 aromatic rings. The van der Waals surface area contributed by atoms with Gasteiger partial charge in [0.1, 0.15) is 0 Å². The van der Waals surface area contributed by atoms with E-state index in [0.717, 1.165) is 18.9 Å². The summed E-state index contributed by atoms with van der Waals surface area (Å²) in [6, 6.07) is 0.653. The summed E-state index contributed by atoms with van der Waals surface area (Å²) in [6.07, 6.45) is 3.30. The Hall–Kier alpha value is -0.940. The van der Waals surface area contributed by atoms with Crippen molar-refractivity contribution in [3.8, 4) is 0 Å².